The third-order valence-electron chi connectivity index (χ3n) is 3.48. The first-order chi connectivity index (χ1) is 13.6. The molecule has 0 radical (unpaired) electrons. The molecule has 3 amide bonds. The lowest BCUT2D eigenvalue weighted by atomic mass is 10.1. The highest BCUT2D eigenvalue weighted by atomic mass is 127. The van der Waals surface area contributed by atoms with Crippen LogP contribution >= 0.6 is 22.6 Å². The lowest BCUT2D eigenvalue weighted by Gasteiger charge is -2.24. The molecular formula is C20H36IN3O6. The zero-order valence-corrected chi connectivity index (χ0v) is 21.2. The minimum atomic E-state index is -0.843. The van der Waals surface area contributed by atoms with Crippen LogP contribution in [0.1, 0.15) is 67.7 Å². The van der Waals surface area contributed by atoms with Gasteiger partial charge in [0.15, 0.2) is 0 Å². The second kappa shape index (κ2) is 13.0. The number of esters is 1. The van der Waals surface area contributed by atoms with Gasteiger partial charge in [0.2, 0.25) is 11.8 Å². The number of ether oxygens (including phenoxy) is 2. The smallest absolute Gasteiger partial charge is 0.407 e. The van der Waals surface area contributed by atoms with E-state index in [0.717, 1.165) is 0 Å². The first-order valence-electron chi connectivity index (χ1n) is 10.00. The van der Waals surface area contributed by atoms with Gasteiger partial charge >= 0.3 is 12.1 Å². The Hall–Kier alpha value is -1.59. The maximum Gasteiger partial charge on any atom is 0.407 e. The third kappa shape index (κ3) is 14.4. The number of carbonyl (C=O) groups is 4. The number of alkyl carbamates (subject to hydrolysis) is 1. The maximum absolute atomic E-state index is 12.6. The number of unbranched alkanes of at least 4 members (excludes halogenated alkanes) is 1. The van der Waals surface area contributed by atoms with Crippen molar-refractivity contribution >= 4 is 46.5 Å². The number of hydrogen-bond donors (Lipinski definition) is 3. The van der Waals surface area contributed by atoms with Crippen molar-refractivity contribution in [3.63, 3.8) is 0 Å². The zero-order chi connectivity index (χ0) is 23.5. The highest BCUT2D eigenvalue weighted by Gasteiger charge is 2.27. The van der Waals surface area contributed by atoms with Crippen molar-refractivity contribution in [1.82, 2.24) is 16.0 Å². The second-order valence-corrected chi connectivity index (χ2v) is 9.70. The molecule has 174 valence electrons. The van der Waals surface area contributed by atoms with Gasteiger partial charge in [-0.25, -0.2) is 9.59 Å². The molecule has 0 aliphatic carbocycles. The highest BCUT2D eigenvalue weighted by molar-refractivity contribution is 14.1. The van der Waals surface area contributed by atoms with Crippen LogP contribution in [0.25, 0.3) is 0 Å². The Morgan fingerprint density at radius 2 is 1.47 bits per heavy atom. The molecular weight excluding hydrogens is 505 g/mol. The Balaban J connectivity index is 4.62. The Kier molecular flexibility index (Phi) is 12.3. The summed E-state index contributed by atoms with van der Waals surface area (Å²) in [4.78, 5) is 48.1. The van der Waals surface area contributed by atoms with E-state index in [-0.39, 0.29) is 10.3 Å². The minimum absolute atomic E-state index is 0.212. The van der Waals surface area contributed by atoms with E-state index >= 15 is 0 Å². The number of rotatable bonds is 10. The van der Waals surface area contributed by atoms with E-state index in [1.165, 1.54) is 6.92 Å². The largest absolute Gasteiger partial charge is 0.458 e. The summed E-state index contributed by atoms with van der Waals surface area (Å²) in [6.45, 7) is 12.5. The number of amides is 3. The van der Waals surface area contributed by atoms with Crippen LogP contribution < -0.4 is 16.0 Å². The van der Waals surface area contributed by atoms with Crippen LogP contribution in [0.3, 0.4) is 0 Å². The van der Waals surface area contributed by atoms with E-state index in [2.05, 4.69) is 16.0 Å². The van der Waals surface area contributed by atoms with E-state index in [1.807, 2.05) is 22.6 Å². The van der Waals surface area contributed by atoms with Crippen molar-refractivity contribution in [2.45, 2.75) is 91.0 Å². The van der Waals surface area contributed by atoms with Gasteiger partial charge in [-0.1, -0.05) is 22.6 Å². The van der Waals surface area contributed by atoms with Crippen molar-refractivity contribution in [2.24, 2.45) is 0 Å². The Labute approximate surface area is 192 Å². The Bertz CT molecular complexity index is 598. The summed E-state index contributed by atoms with van der Waals surface area (Å²) in [5, 5.41) is 7.91. The van der Waals surface area contributed by atoms with Crippen LogP contribution in [0, 0.1) is 0 Å². The van der Waals surface area contributed by atoms with Gasteiger partial charge in [-0.2, -0.15) is 0 Å². The highest BCUT2D eigenvalue weighted by Crippen LogP contribution is 2.09. The standard InChI is InChI=1S/C20H36IN3O6/c1-13(17(27)29-19(2,3)4)23-16(26)14(24-15(25)12-21)10-8-9-11-22-18(28)30-20(5,6)7/h13-14H,8-12H2,1-7H3,(H,22,28)(H,23,26)(H,24,25)/t13-,14+/m1/s1. The van der Waals surface area contributed by atoms with Crippen molar-refractivity contribution in [3.05, 3.63) is 0 Å². The molecule has 0 aliphatic heterocycles. The SMILES string of the molecule is C[C@@H](NC(=O)[C@H](CCCCNC(=O)OC(C)(C)C)NC(=O)CI)C(=O)OC(C)(C)C. The normalized spacial score (nSPS) is 13.6. The molecule has 10 heteroatoms. The maximum atomic E-state index is 12.6. The molecule has 0 bridgehead atoms. The molecule has 0 aromatic rings. The average Bonchev–Trinajstić information content (AvgIpc) is 2.56. The minimum Gasteiger partial charge on any atom is -0.458 e. The first-order valence-corrected chi connectivity index (χ1v) is 11.5. The molecule has 3 N–H and O–H groups in total. The van der Waals surface area contributed by atoms with Gasteiger partial charge < -0.3 is 25.4 Å². The van der Waals surface area contributed by atoms with Gasteiger partial charge in [-0.3, -0.25) is 9.59 Å². The van der Waals surface area contributed by atoms with E-state index in [0.29, 0.717) is 25.8 Å². The van der Waals surface area contributed by atoms with Crippen LogP contribution in [0.4, 0.5) is 4.79 Å². The summed E-state index contributed by atoms with van der Waals surface area (Å²) in [6.07, 6.45) is 1.05. The molecule has 0 saturated heterocycles. The molecule has 0 spiro atoms. The molecule has 0 rings (SSSR count). The van der Waals surface area contributed by atoms with Crippen LogP contribution in [-0.4, -0.2) is 58.1 Å². The first kappa shape index (κ1) is 28.4. The topological polar surface area (TPSA) is 123 Å². The van der Waals surface area contributed by atoms with Gasteiger partial charge in [0.05, 0.1) is 4.43 Å². The number of carbonyl (C=O) groups excluding carboxylic acids is 4. The summed E-state index contributed by atoms with van der Waals surface area (Å²) < 4.78 is 10.6. The molecule has 0 saturated carbocycles. The van der Waals surface area contributed by atoms with Gasteiger partial charge in [0.1, 0.15) is 23.3 Å². The molecule has 30 heavy (non-hydrogen) atoms. The predicted octanol–water partition coefficient (Wildman–Crippen LogP) is 2.45. The van der Waals surface area contributed by atoms with Gasteiger partial charge in [-0.05, 0) is 67.7 Å². The molecule has 9 nitrogen and oxygen atoms in total. The van der Waals surface area contributed by atoms with Gasteiger partial charge in [0, 0.05) is 6.54 Å². The van der Waals surface area contributed by atoms with Crippen molar-refractivity contribution < 1.29 is 28.7 Å². The van der Waals surface area contributed by atoms with Crippen molar-refractivity contribution in [1.29, 1.82) is 0 Å². The fraction of sp³-hybridized carbons (Fsp3) is 0.800. The molecule has 2 atom stereocenters. The molecule has 0 aromatic heterocycles. The molecule has 0 heterocycles. The lowest BCUT2D eigenvalue weighted by molar-refractivity contribution is -0.158. The Morgan fingerprint density at radius 3 is 1.97 bits per heavy atom. The third-order valence-corrected chi connectivity index (χ3v) is 4.17. The summed E-state index contributed by atoms with van der Waals surface area (Å²) in [7, 11) is 0. The molecule has 0 aliphatic rings. The zero-order valence-electron chi connectivity index (χ0n) is 19.0. The summed E-state index contributed by atoms with van der Waals surface area (Å²) in [5.41, 5.74) is -1.23. The van der Waals surface area contributed by atoms with Gasteiger partial charge in [-0.15, -0.1) is 0 Å². The molecule has 0 fully saturated rings. The predicted molar refractivity (Wildman–Crippen MR) is 122 cm³/mol. The number of hydrogen-bond acceptors (Lipinski definition) is 6. The van der Waals surface area contributed by atoms with Crippen molar-refractivity contribution in [2.75, 3.05) is 11.0 Å². The Morgan fingerprint density at radius 1 is 0.900 bits per heavy atom. The summed E-state index contributed by atoms with van der Waals surface area (Å²) in [6, 6.07) is -1.62. The van der Waals surface area contributed by atoms with E-state index in [1.54, 1.807) is 41.5 Å². The molecule has 0 unspecified atom stereocenters. The quantitative estimate of drug-likeness (QED) is 0.169. The van der Waals surface area contributed by atoms with Crippen LogP contribution in [-0.2, 0) is 23.9 Å². The number of halogens is 1. The second-order valence-electron chi connectivity index (χ2n) is 8.94. The molecule has 0 aromatic carbocycles. The van der Waals surface area contributed by atoms with E-state index < -0.39 is 41.3 Å². The number of alkyl halides is 1. The lowest BCUT2D eigenvalue weighted by Crippen LogP contribution is -2.51. The average molecular weight is 541 g/mol. The summed E-state index contributed by atoms with van der Waals surface area (Å²) >= 11 is 1.91. The van der Waals surface area contributed by atoms with Crippen LogP contribution in [0.2, 0.25) is 0 Å². The monoisotopic (exact) mass is 541 g/mol. The summed E-state index contributed by atoms with van der Waals surface area (Å²) in [5.74, 6) is -1.27. The number of nitrogens with one attached hydrogen (secondary N) is 3. The van der Waals surface area contributed by atoms with E-state index in [4.69, 9.17) is 9.47 Å². The van der Waals surface area contributed by atoms with Crippen LogP contribution in [0.5, 0.6) is 0 Å². The van der Waals surface area contributed by atoms with Crippen LogP contribution in [0.15, 0.2) is 0 Å². The van der Waals surface area contributed by atoms with Crippen molar-refractivity contribution in [3.8, 4) is 0 Å². The fourth-order valence-electron chi connectivity index (χ4n) is 2.24. The van der Waals surface area contributed by atoms with E-state index in [9.17, 15) is 19.2 Å². The van der Waals surface area contributed by atoms with Gasteiger partial charge in [0.25, 0.3) is 0 Å². The fourth-order valence-corrected chi connectivity index (χ4v) is 2.46.